The molecule has 0 aliphatic rings. The van der Waals surface area contributed by atoms with Gasteiger partial charge in [0.15, 0.2) is 11.0 Å². The van der Waals surface area contributed by atoms with Crippen molar-refractivity contribution in [1.29, 1.82) is 0 Å². The van der Waals surface area contributed by atoms with Gasteiger partial charge in [-0.15, -0.1) is 10.2 Å². The Morgan fingerprint density at radius 1 is 1.11 bits per heavy atom. The number of hydrogen-bond donors (Lipinski definition) is 1. The first kappa shape index (κ1) is 21.0. The minimum absolute atomic E-state index is 0.185. The molecule has 2 aromatic carbocycles. The van der Waals surface area contributed by atoms with E-state index in [9.17, 15) is 4.79 Å². The molecule has 0 aliphatic carbocycles. The predicted molar refractivity (Wildman–Crippen MR) is 115 cm³/mol. The molecule has 9 heteroatoms. The first-order valence-corrected chi connectivity index (χ1v) is 10.7. The van der Waals surface area contributed by atoms with Crippen LogP contribution in [0.5, 0.6) is 0 Å². The fraction of sp³-hybridized carbons (Fsp3) is 0.211. The minimum Gasteiger partial charge on any atom is -0.345 e. The fourth-order valence-corrected chi connectivity index (χ4v) is 4.01. The number of thioether (sulfide) groups is 1. The average Bonchev–Trinajstić information content (AvgIpc) is 3.07. The van der Waals surface area contributed by atoms with E-state index in [0.29, 0.717) is 26.5 Å². The van der Waals surface area contributed by atoms with Gasteiger partial charge in [0.1, 0.15) is 0 Å². The second-order valence-electron chi connectivity index (χ2n) is 5.87. The molecule has 0 bridgehead atoms. The summed E-state index contributed by atoms with van der Waals surface area (Å²) in [6.07, 6.45) is 1.01. The Hall–Kier alpha value is -1.73. The molecular formula is C19H17Cl3N4OS. The van der Waals surface area contributed by atoms with Gasteiger partial charge in [-0.1, -0.05) is 59.6 Å². The molecule has 0 unspecified atom stereocenters. The molecule has 0 saturated heterocycles. The lowest BCUT2D eigenvalue weighted by atomic mass is 10.2. The van der Waals surface area contributed by atoms with E-state index in [1.54, 1.807) is 30.0 Å². The van der Waals surface area contributed by atoms with E-state index >= 15 is 0 Å². The second kappa shape index (κ2) is 9.65. The van der Waals surface area contributed by atoms with E-state index in [2.05, 4.69) is 22.4 Å². The van der Waals surface area contributed by atoms with Gasteiger partial charge in [-0.3, -0.25) is 9.36 Å². The van der Waals surface area contributed by atoms with Crippen molar-refractivity contribution in [2.24, 2.45) is 0 Å². The zero-order chi connectivity index (χ0) is 20.1. The molecule has 0 aliphatic heterocycles. The molecule has 3 aromatic rings. The Labute approximate surface area is 182 Å². The van der Waals surface area contributed by atoms with E-state index in [1.165, 1.54) is 6.07 Å². The summed E-state index contributed by atoms with van der Waals surface area (Å²) in [6, 6.07) is 12.2. The quantitative estimate of drug-likeness (QED) is 0.467. The van der Waals surface area contributed by atoms with Gasteiger partial charge in [0.25, 0.3) is 5.91 Å². The third-order valence-corrected chi connectivity index (χ3v) is 5.70. The highest BCUT2D eigenvalue weighted by Crippen LogP contribution is 2.25. The second-order valence-corrected chi connectivity index (χ2v) is 8.21. The summed E-state index contributed by atoms with van der Waals surface area (Å²) in [5, 5.41) is 13.5. The van der Waals surface area contributed by atoms with Crippen LogP contribution >= 0.6 is 46.6 Å². The van der Waals surface area contributed by atoms with Crippen molar-refractivity contribution in [3.05, 3.63) is 68.9 Å². The summed E-state index contributed by atoms with van der Waals surface area (Å²) in [5.74, 6) is 1.19. The zero-order valence-corrected chi connectivity index (χ0v) is 18.0. The molecule has 0 atom stereocenters. The molecule has 1 heterocycles. The highest BCUT2D eigenvalue weighted by Gasteiger charge is 2.17. The summed E-state index contributed by atoms with van der Waals surface area (Å²) < 4.78 is 1.90. The highest BCUT2D eigenvalue weighted by atomic mass is 35.5. The summed E-state index contributed by atoms with van der Waals surface area (Å²) in [6.45, 7) is 2.29. The first-order valence-electron chi connectivity index (χ1n) is 8.56. The standard InChI is InChI=1S/C19H17Cl3N4OS/c1-2-8-28-19-25-24-17(26(19)14-5-3-4-12(20)9-14)11-23-18(27)15-7-6-13(21)10-16(15)22/h3-7,9-10H,2,8,11H2,1H3,(H,23,27). The molecule has 0 radical (unpaired) electrons. The number of carbonyl (C=O) groups excluding carboxylic acids is 1. The molecule has 5 nitrogen and oxygen atoms in total. The van der Waals surface area contributed by atoms with Crippen LogP contribution in [0.4, 0.5) is 0 Å². The van der Waals surface area contributed by atoms with Crippen LogP contribution in [0, 0.1) is 0 Å². The maximum atomic E-state index is 12.5. The number of amides is 1. The summed E-state index contributed by atoms with van der Waals surface area (Å²) in [7, 11) is 0. The van der Waals surface area contributed by atoms with Gasteiger partial charge in [-0.2, -0.15) is 0 Å². The van der Waals surface area contributed by atoms with E-state index in [0.717, 1.165) is 23.0 Å². The van der Waals surface area contributed by atoms with Crippen LogP contribution in [0.1, 0.15) is 29.5 Å². The van der Waals surface area contributed by atoms with E-state index < -0.39 is 0 Å². The van der Waals surface area contributed by atoms with Gasteiger partial charge < -0.3 is 5.32 Å². The van der Waals surface area contributed by atoms with E-state index in [1.807, 2.05) is 22.8 Å². The normalized spacial score (nSPS) is 10.9. The summed E-state index contributed by atoms with van der Waals surface area (Å²) in [4.78, 5) is 12.5. The van der Waals surface area contributed by atoms with Crippen LogP contribution in [0.3, 0.4) is 0 Å². The van der Waals surface area contributed by atoms with E-state index in [4.69, 9.17) is 34.8 Å². The number of nitrogens with zero attached hydrogens (tertiary/aromatic N) is 3. The molecule has 1 amide bonds. The molecule has 1 N–H and O–H groups in total. The molecule has 0 spiro atoms. The maximum Gasteiger partial charge on any atom is 0.253 e. The maximum absolute atomic E-state index is 12.5. The number of hydrogen-bond acceptors (Lipinski definition) is 4. The SMILES string of the molecule is CCCSc1nnc(CNC(=O)c2ccc(Cl)cc2Cl)n1-c1cccc(Cl)c1. The first-order chi connectivity index (χ1) is 13.5. The Balaban J connectivity index is 1.85. The predicted octanol–water partition coefficient (Wildman–Crippen LogP) is 5.66. The Bertz CT molecular complexity index is 993. The van der Waals surface area contributed by atoms with E-state index in [-0.39, 0.29) is 12.5 Å². The lowest BCUT2D eigenvalue weighted by Crippen LogP contribution is -2.25. The highest BCUT2D eigenvalue weighted by molar-refractivity contribution is 7.99. The molecule has 0 fully saturated rings. The molecule has 0 saturated carbocycles. The Kier molecular flexibility index (Phi) is 7.24. The minimum atomic E-state index is -0.315. The smallest absolute Gasteiger partial charge is 0.253 e. The lowest BCUT2D eigenvalue weighted by Gasteiger charge is -2.11. The molecule has 28 heavy (non-hydrogen) atoms. The van der Waals surface area contributed by atoms with Gasteiger partial charge in [0, 0.05) is 15.8 Å². The number of carbonyl (C=O) groups is 1. The Morgan fingerprint density at radius 2 is 1.89 bits per heavy atom. The summed E-state index contributed by atoms with van der Waals surface area (Å²) >= 11 is 19.8. The average molecular weight is 456 g/mol. The largest absolute Gasteiger partial charge is 0.345 e. The van der Waals surface area contributed by atoms with Crippen LogP contribution in [0.15, 0.2) is 47.6 Å². The molecule has 3 rings (SSSR count). The van der Waals surface area contributed by atoms with Crippen LogP contribution in [0.25, 0.3) is 5.69 Å². The van der Waals surface area contributed by atoms with Gasteiger partial charge in [0.2, 0.25) is 0 Å². The van der Waals surface area contributed by atoms with Crippen molar-refractivity contribution in [2.45, 2.75) is 25.0 Å². The number of halogens is 3. The van der Waals surface area contributed by atoms with Crippen LogP contribution in [0.2, 0.25) is 15.1 Å². The Morgan fingerprint density at radius 3 is 2.61 bits per heavy atom. The van der Waals surface area contributed by atoms with Gasteiger partial charge >= 0.3 is 0 Å². The third-order valence-electron chi connectivity index (χ3n) is 3.78. The third kappa shape index (κ3) is 5.00. The van der Waals surface area contributed by atoms with Crippen molar-refractivity contribution in [2.75, 3.05) is 5.75 Å². The number of rotatable bonds is 7. The van der Waals surface area contributed by atoms with Crippen LogP contribution in [-0.4, -0.2) is 26.4 Å². The number of aromatic nitrogens is 3. The van der Waals surface area contributed by atoms with Crippen molar-refractivity contribution in [3.8, 4) is 5.69 Å². The molecular weight excluding hydrogens is 439 g/mol. The molecule has 1 aromatic heterocycles. The van der Waals surface area contributed by atoms with Crippen molar-refractivity contribution < 1.29 is 4.79 Å². The lowest BCUT2D eigenvalue weighted by molar-refractivity contribution is 0.0950. The van der Waals surface area contributed by atoms with Crippen molar-refractivity contribution in [3.63, 3.8) is 0 Å². The number of nitrogens with one attached hydrogen (secondary N) is 1. The van der Waals surface area contributed by atoms with Gasteiger partial charge in [-0.05, 0) is 42.8 Å². The van der Waals surface area contributed by atoms with Gasteiger partial charge in [-0.25, -0.2) is 0 Å². The zero-order valence-electron chi connectivity index (χ0n) is 15.0. The van der Waals surface area contributed by atoms with Crippen LogP contribution in [-0.2, 0) is 6.54 Å². The topological polar surface area (TPSA) is 59.8 Å². The van der Waals surface area contributed by atoms with Crippen molar-refractivity contribution in [1.82, 2.24) is 20.1 Å². The molecule has 146 valence electrons. The fourth-order valence-electron chi connectivity index (χ4n) is 2.50. The number of benzene rings is 2. The van der Waals surface area contributed by atoms with Gasteiger partial charge in [0.05, 0.1) is 22.8 Å². The summed E-state index contributed by atoms with van der Waals surface area (Å²) in [5.41, 5.74) is 1.19. The van der Waals surface area contributed by atoms with Crippen LogP contribution < -0.4 is 5.32 Å². The monoisotopic (exact) mass is 454 g/mol. The van der Waals surface area contributed by atoms with Crippen molar-refractivity contribution >= 4 is 52.5 Å².